The van der Waals surface area contributed by atoms with E-state index < -0.39 is 0 Å². The van der Waals surface area contributed by atoms with Crippen LogP contribution in [0.1, 0.15) is 58.3 Å². The van der Waals surface area contributed by atoms with Gasteiger partial charge in [0.2, 0.25) is 0 Å². The fraction of sp³-hybridized carbons (Fsp3) is 1.00. The van der Waals surface area contributed by atoms with Crippen molar-refractivity contribution in [3.05, 3.63) is 10.1 Å². The molecule has 0 radical (unpaired) electrons. The number of nitrogens with one attached hydrogen (secondary N) is 1. The van der Waals surface area contributed by atoms with Crippen LogP contribution in [0, 0.1) is 10.1 Å². The van der Waals surface area contributed by atoms with Crippen molar-refractivity contribution in [1.82, 2.24) is 0 Å². The molecule has 0 aliphatic rings. The monoisotopic (exact) mass is 326 g/mol. The quantitative estimate of drug-likeness (QED) is 0.260. The smallest absolute Gasteiger partial charge is 0.0780 e. The van der Waals surface area contributed by atoms with E-state index in [-0.39, 0.29) is 22.3 Å². The Labute approximate surface area is 123 Å². The van der Waals surface area contributed by atoms with E-state index in [4.69, 9.17) is 10.1 Å². The zero-order valence-electron chi connectivity index (χ0n) is 12.5. The van der Waals surface area contributed by atoms with Crippen LogP contribution < -0.4 is 22.3 Å². The number of rotatable bonds is 9. The predicted molar refractivity (Wildman–Crippen MR) is 73.2 cm³/mol. The molecule has 4 nitrogen and oxygen atoms in total. The van der Waals surface area contributed by atoms with Gasteiger partial charge in [0, 0.05) is 5.34 Å². The van der Waals surface area contributed by atoms with Crippen LogP contribution in [0.4, 0.5) is 0 Å². The topological polar surface area (TPSA) is 54.1 Å². The molecule has 0 aromatic heterocycles. The molecule has 0 atom stereocenters. The van der Waals surface area contributed by atoms with Gasteiger partial charge in [-0.1, -0.05) is 45.4 Å². The van der Waals surface area contributed by atoms with Crippen LogP contribution in [-0.4, -0.2) is 32.2 Å². The Kier molecular flexibility index (Phi) is 21.5. The lowest BCUT2D eigenvalue weighted by atomic mass is 10.1. The van der Waals surface area contributed by atoms with Crippen molar-refractivity contribution in [2.24, 2.45) is 0 Å². The lowest BCUT2D eigenvalue weighted by Crippen LogP contribution is -3.00. The molecular weight excluding hydrogens is 296 g/mol. The molecule has 0 amide bonds. The number of hydrogen-bond acceptors (Lipinski definition) is 2. The summed E-state index contributed by atoms with van der Waals surface area (Å²) in [7, 11) is 6.84. The van der Waals surface area contributed by atoms with Gasteiger partial charge < -0.3 is 21.5 Å². The Morgan fingerprint density at radius 2 is 1.22 bits per heavy atom. The number of unbranched alkanes of at least 4 members (excludes halogenated alkanes) is 7. The summed E-state index contributed by atoms with van der Waals surface area (Å²) in [5.41, 5.74) is 0. The van der Waals surface area contributed by atoms with Gasteiger partial charge in [0.05, 0.1) is 27.7 Å². The van der Waals surface area contributed by atoms with E-state index in [1.165, 1.54) is 57.9 Å². The molecule has 0 fully saturated rings. The third-order valence-electron chi connectivity index (χ3n) is 2.68. The SMILES string of the molecule is CCCCCCCCCC[N+](C)(C)C.O=[NH+][O-].[Br-]. The molecule has 0 heterocycles. The molecule has 0 aromatic carbocycles. The molecule has 0 spiro atoms. The highest BCUT2D eigenvalue weighted by Gasteiger charge is 2.04. The molecule has 0 aromatic rings. The van der Waals surface area contributed by atoms with Crippen LogP contribution in [0.3, 0.4) is 0 Å². The second kappa shape index (κ2) is 16.8. The highest BCUT2D eigenvalue weighted by Crippen LogP contribution is 2.09. The second-order valence-corrected chi connectivity index (χ2v) is 5.57. The minimum Gasteiger partial charge on any atom is -1.00 e. The van der Waals surface area contributed by atoms with Crippen LogP contribution in [0.5, 0.6) is 0 Å². The van der Waals surface area contributed by atoms with Crippen LogP contribution in [0.25, 0.3) is 0 Å². The van der Waals surface area contributed by atoms with Crippen LogP contribution in [-0.2, 0) is 0 Å². The fourth-order valence-electron chi connectivity index (χ4n) is 1.72. The van der Waals surface area contributed by atoms with Crippen molar-refractivity contribution < 1.29 is 26.8 Å². The van der Waals surface area contributed by atoms with Gasteiger partial charge in [0.1, 0.15) is 0 Å². The maximum atomic E-state index is 8.12. The Morgan fingerprint density at radius 1 is 0.889 bits per heavy atom. The van der Waals surface area contributed by atoms with Crippen molar-refractivity contribution in [2.75, 3.05) is 27.7 Å². The number of hydrogen-bond donors (Lipinski definition) is 1. The predicted octanol–water partition coefficient (Wildman–Crippen LogP) is -0.831. The summed E-state index contributed by atoms with van der Waals surface area (Å²) in [6, 6.07) is 0. The molecule has 0 bridgehead atoms. The van der Waals surface area contributed by atoms with Gasteiger partial charge in [-0.15, -0.1) is 0 Å². The molecule has 112 valence electrons. The summed E-state index contributed by atoms with van der Waals surface area (Å²) in [5.74, 6) is 0. The minimum absolute atomic E-state index is 0. The number of halogens is 1. The molecule has 0 aliphatic carbocycles. The van der Waals surface area contributed by atoms with E-state index in [1.807, 2.05) is 0 Å². The minimum atomic E-state index is 0. The Balaban J connectivity index is -0.000000507. The van der Waals surface area contributed by atoms with E-state index >= 15 is 0 Å². The summed E-state index contributed by atoms with van der Waals surface area (Å²) in [6.45, 7) is 3.61. The third kappa shape index (κ3) is 29.7. The largest absolute Gasteiger partial charge is 1.00 e. The van der Waals surface area contributed by atoms with Crippen molar-refractivity contribution in [2.45, 2.75) is 58.3 Å². The molecule has 0 rings (SSSR count). The molecule has 0 saturated carbocycles. The highest BCUT2D eigenvalue weighted by molar-refractivity contribution is 4.45. The van der Waals surface area contributed by atoms with Gasteiger partial charge in [-0.05, 0) is 12.8 Å². The standard InChI is InChI=1S/C13H30N.BrH.HNO2/c1-5-6-7-8-9-10-11-12-13-14(2,3)4;;2-1-3/h5-13H2,1-4H3;1H;1H/q+1;;/p-1. The first-order valence-electron chi connectivity index (χ1n) is 6.77. The van der Waals surface area contributed by atoms with E-state index in [1.54, 1.807) is 0 Å². The van der Waals surface area contributed by atoms with Gasteiger partial charge in [-0.25, -0.2) is 0 Å². The first kappa shape index (κ1) is 23.0. The molecule has 5 heteroatoms. The van der Waals surface area contributed by atoms with Crippen molar-refractivity contribution in [1.29, 1.82) is 0 Å². The fourth-order valence-corrected chi connectivity index (χ4v) is 1.72. The molecule has 0 aliphatic heterocycles. The van der Waals surface area contributed by atoms with Crippen LogP contribution in [0.2, 0.25) is 0 Å². The number of quaternary nitrogens is 1. The highest BCUT2D eigenvalue weighted by atomic mass is 79.9. The average Bonchev–Trinajstić information content (AvgIpc) is 2.22. The van der Waals surface area contributed by atoms with Gasteiger partial charge in [-0.2, -0.15) is 0 Å². The third-order valence-corrected chi connectivity index (χ3v) is 2.68. The summed E-state index contributed by atoms with van der Waals surface area (Å²) >= 11 is 0. The molecule has 0 saturated heterocycles. The first-order chi connectivity index (χ1) is 7.97. The van der Waals surface area contributed by atoms with E-state index in [0.29, 0.717) is 0 Å². The lowest BCUT2D eigenvalue weighted by molar-refractivity contribution is -0.870. The molecule has 1 N–H and O–H groups in total. The first-order valence-corrected chi connectivity index (χ1v) is 6.77. The summed E-state index contributed by atoms with van der Waals surface area (Å²) in [4.78, 5) is 8.12. The molecule has 0 unspecified atom stereocenters. The molecular formula is C13H31BrN2O2. The average molecular weight is 327 g/mol. The van der Waals surface area contributed by atoms with E-state index in [2.05, 4.69) is 28.1 Å². The van der Waals surface area contributed by atoms with Crippen molar-refractivity contribution >= 4 is 0 Å². The summed E-state index contributed by atoms with van der Waals surface area (Å²) in [5, 5.41) is 8.38. The van der Waals surface area contributed by atoms with Crippen molar-refractivity contribution in [3.8, 4) is 0 Å². The summed E-state index contributed by atoms with van der Waals surface area (Å²) in [6.07, 6.45) is 11.4. The van der Waals surface area contributed by atoms with E-state index in [9.17, 15) is 0 Å². The Bertz CT molecular complexity index is 162. The van der Waals surface area contributed by atoms with E-state index in [0.717, 1.165) is 4.48 Å². The Hall–Kier alpha value is -0.160. The molecule has 18 heavy (non-hydrogen) atoms. The maximum Gasteiger partial charge on any atom is 0.0780 e. The summed E-state index contributed by atoms with van der Waals surface area (Å²) < 4.78 is 1.12. The zero-order chi connectivity index (χ0) is 13.6. The zero-order valence-corrected chi connectivity index (χ0v) is 14.1. The second-order valence-electron chi connectivity index (χ2n) is 5.57. The Morgan fingerprint density at radius 3 is 1.56 bits per heavy atom. The van der Waals surface area contributed by atoms with Gasteiger partial charge in [0.15, 0.2) is 0 Å². The van der Waals surface area contributed by atoms with Crippen LogP contribution >= 0.6 is 0 Å². The maximum absolute atomic E-state index is 8.12. The normalized spacial score (nSPS) is 10.0. The number of nitrogens with zero attached hydrogens (tertiary/aromatic N) is 1. The van der Waals surface area contributed by atoms with Crippen LogP contribution in [0.15, 0.2) is 0 Å². The van der Waals surface area contributed by atoms with Gasteiger partial charge in [-0.3, -0.25) is 10.1 Å². The lowest BCUT2D eigenvalue weighted by Gasteiger charge is -2.23. The van der Waals surface area contributed by atoms with Gasteiger partial charge in [0.25, 0.3) is 0 Å². The van der Waals surface area contributed by atoms with Gasteiger partial charge >= 0.3 is 0 Å². The van der Waals surface area contributed by atoms with Crippen molar-refractivity contribution in [3.63, 3.8) is 0 Å².